The van der Waals surface area contributed by atoms with Crippen LogP contribution in [0.5, 0.6) is 5.75 Å². The Balaban J connectivity index is 0.00000218. The molecule has 2 N–H and O–H groups in total. The van der Waals surface area contributed by atoms with Gasteiger partial charge < -0.3 is 19.8 Å². The molecule has 5 nitrogen and oxygen atoms in total. The van der Waals surface area contributed by atoms with Crippen LogP contribution in [-0.2, 0) is 5.41 Å². The molecule has 2 fully saturated rings. The molecule has 5 rings (SSSR count). The van der Waals surface area contributed by atoms with Gasteiger partial charge in [0.15, 0.2) is 5.76 Å². The third-order valence-corrected chi connectivity index (χ3v) is 6.19. The van der Waals surface area contributed by atoms with Crippen LogP contribution in [0.15, 0.2) is 59.1 Å². The van der Waals surface area contributed by atoms with Crippen LogP contribution in [0.25, 0.3) is 22.4 Å². The smallest absolute Gasteiger partial charge is 0.152 e. The minimum Gasteiger partial charge on any atom is -0.508 e. The Kier molecular flexibility index (Phi) is 6.14. The summed E-state index contributed by atoms with van der Waals surface area (Å²) in [6.45, 7) is 5.40. The maximum absolute atomic E-state index is 9.69. The van der Waals surface area contributed by atoms with Crippen LogP contribution in [0, 0.1) is 0 Å². The van der Waals surface area contributed by atoms with Crippen molar-refractivity contribution in [3.05, 3.63) is 60.4 Å². The lowest BCUT2D eigenvalue weighted by Crippen LogP contribution is -2.35. The van der Waals surface area contributed by atoms with E-state index in [1.54, 1.807) is 12.1 Å². The van der Waals surface area contributed by atoms with Gasteiger partial charge in [-0.1, -0.05) is 35.5 Å². The zero-order valence-corrected chi connectivity index (χ0v) is 17.8. The van der Waals surface area contributed by atoms with Gasteiger partial charge in [-0.15, -0.1) is 12.4 Å². The van der Waals surface area contributed by atoms with Gasteiger partial charge in [-0.05, 0) is 62.2 Å². The summed E-state index contributed by atoms with van der Waals surface area (Å²) < 4.78 is 6.08. The number of nitrogens with one attached hydrogen (secondary N) is 1. The van der Waals surface area contributed by atoms with E-state index >= 15 is 0 Å². The first-order valence-electron chi connectivity index (χ1n) is 10.5. The van der Waals surface area contributed by atoms with E-state index < -0.39 is 0 Å². The van der Waals surface area contributed by atoms with Gasteiger partial charge in [0.25, 0.3) is 0 Å². The van der Waals surface area contributed by atoms with Gasteiger partial charge in [-0.25, -0.2) is 0 Å². The minimum absolute atomic E-state index is 0. The molecule has 6 heteroatoms. The van der Waals surface area contributed by atoms with Crippen LogP contribution < -0.4 is 5.32 Å². The molecule has 2 aliphatic rings. The SMILES string of the molecule is Cl.Oc1ccc(-c2noc(C3(CN4CCCNCC4)CC3)c2-c2ccccc2)cc1. The fraction of sp³-hybridized carbons (Fsp3) is 0.375. The normalized spacial score (nSPS) is 18.4. The fourth-order valence-corrected chi connectivity index (χ4v) is 4.44. The molecule has 1 saturated heterocycles. The number of aromatic nitrogens is 1. The van der Waals surface area contributed by atoms with Crippen LogP contribution in [0.2, 0.25) is 0 Å². The van der Waals surface area contributed by atoms with Gasteiger partial charge in [-0.3, -0.25) is 0 Å². The Bertz CT molecular complexity index is 960. The average molecular weight is 426 g/mol. The topological polar surface area (TPSA) is 61.5 Å². The molecule has 2 aromatic carbocycles. The number of phenolic OH excluding ortho intramolecular Hbond substituents is 1. The number of rotatable bonds is 5. The van der Waals surface area contributed by atoms with E-state index in [1.165, 1.54) is 6.42 Å². The molecule has 1 aliphatic carbocycles. The molecule has 0 bridgehead atoms. The molecule has 1 saturated carbocycles. The van der Waals surface area contributed by atoms with Crippen LogP contribution in [0.4, 0.5) is 0 Å². The molecular formula is C24H28ClN3O2. The third kappa shape index (κ3) is 4.10. The van der Waals surface area contributed by atoms with Crippen molar-refractivity contribution < 1.29 is 9.63 Å². The van der Waals surface area contributed by atoms with Crippen molar-refractivity contribution in [2.24, 2.45) is 0 Å². The summed E-state index contributed by atoms with van der Waals surface area (Å²) in [6.07, 6.45) is 3.47. The predicted octanol–water partition coefficient (Wildman–Crippen LogP) is 4.46. The van der Waals surface area contributed by atoms with Gasteiger partial charge >= 0.3 is 0 Å². The van der Waals surface area contributed by atoms with E-state index in [0.29, 0.717) is 0 Å². The largest absolute Gasteiger partial charge is 0.508 e. The average Bonchev–Trinajstić information content (AvgIpc) is 3.46. The Morgan fingerprint density at radius 3 is 2.47 bits per heavy atom. The monoisotopic (exact) mass is 425 g/mol. The molecule has 0 radical (unpaired) electrons. The lowest BCUT2D eigenvalue weighted by Gasteiger charge is -2.25. The highest BCUT2D eigenvalue weighted by molar-refractivity contribution is 5.85. The Morgan fingerprint density at radius 2 is 1.73 bits per heavy atom. The van der Waals surface area contributed by atoms with E-state index in [2.05, 4.69) is 39.6 Å². The summed E-state index contributed by atoms with van der Waals surface area (Å²) in [7, 11) is 0. The van der Waals surface area contributed by atoms with E-state index in [0.717, 1.165) is 73.7 Å². The summed E-state index contributed by atoms with van der Waals surface area (Å²) in [4.78, 5) is 2.57. The van der Waals surface area contributed by atoms with Gasteiger partial charge in [0.2, 0.25) is 0 Å². The molecule has 3 aromatic rings. The first-order valence-corrected chi connectivity index (χ1v) is 10.5. The van der Waals surface area contributed by atoms with Gasteiger partial charge in [0, 0.05) is 30.6 Å². The highest BCUT2D eigenvalue weighted by Crippen LogP contribution is 2.53. The number of nitrogens with zero attached hydrogens (tertiary/aromatic N) is 2. The molecule has 158 valence electrons. The molecule has 30 heavy (non-hydrogen) atoms. The molecule has 0 atom stereocenters. The van der Waals surface area contributed by atoms with Gasteiger partial charge in [-0.2, -0.15) is 0 Å². The van der Waals surface area contributed by atoms with Crippen molar-refractivity contribution >= 4 is 12.4 Å². The zero-order valence-electron chi connectivity index (χ0n) is 17.0. The minimum atomic E-state index is 0. The van der Waals surface area contributed by atoms with Crippen LogP contribution in [0.3, 0.4) is 0 Å². The quantitative estimate of drug-likeness (QED) is 0.631. The summed E-state index contributed by atoms with van der Waals surface area (Å²) in [5.41, 5.74) is 4.11. The predicted molar refractivity (Wildman–Crippen MR) is 121 cm³/mol. The second-order valence-corrected chi connectivity index (χ2v) is 8.31. The number of hydrogen-bond acceptors (Lipinski definition) is 5. The lowest BCUT2D eigenvalue weighted by atomic mass is 9.91. The Morgan fingerprint density at radius 1 is 0.967 bits per heavy atom. The van der Waals surface area contributed by atoms with E-state index in [9.17, 15) is 5.11 Å². The molecule has 0 amide bonds. The van der Waals surface area contributed by atoms with Crippen LogP contribution in [-0.4, -0.2) is 47.9 Å². The Labute approximate surface area is 183 Å². The second kappa shape index (κ2) is 8.80. The highest BCUT2D eigenvalue weighted by atomic mass is 35.5. The van der Waals surface area contributed by atoms with Gasteiger partial charge in [0.1, 0.15) is 11.4 Å². The van der Waals surface area contributed by atoms with Crippen molar-refractivity contribution in [1.82, 2.24) is 15.4 Å². The molecule has 0 unspecified atom stereocenters. The van der Waals surface area contributed by atoms with Crippen molar-refractivity contribution in [1.29, 1.82) is 0 Å². The maximum atomic E-state index is 9.69. The summed E-state index contributed by atoms with van der Waals surface area (Å²) in [5, 5.41) is 17.7. The number of benzene rings is 2. The maximum Gasteiger partial charge on any atom is 0.152 e. The standard InChI is InChI=1S/C24H27N3O2.ClH/c28-20-9-7-19(8-10-20)22-21(18-5-2-1-3-6-18)23(29-26-22)24(11-12-24)17-27-15-4-13-25-14-16-27;/h1-3,5-10,25,28H,4,11-17H2;1H. The number of phenols is 1. The lowest BCUT2D eigenvalue weighted by molar-refractivity contribution is 0.241. The molecule has 1 aromatic heterocycles. The zero-order chi connectivity index (χ0) is 19.7. The third-order valence-electron chi connectivity index (χ3n) is 6.19. The van der Waals surface area contributed by atoms with Crippen molar-refractivity contribution in [2.75, 3.05) is 32.7 Å². The van der Waals surface area contributed by atoms with Crippen molar-refractivity contribution in [3.8, 4) is 28.1 Å². The van der Waals surface area contributed by atoms with Crippen LogP contribution >= 0.6 is 12.4 Å². The van der Waals surface area contributed by atoms with E-state index in [1.807, 2.05) is 18.2 Å². The summed E-state index contributed by atoms with van der Waals surface area (Å²) >= 11 is 0. The first kappa shape index (κ1) is 20.9. The van der Waals surface area contributed by atoms with Crippen molar-refractivity contribution in [2.45, 2.75) is 24.7 Å². The first-order chi connectivity index (χ1) is 14.3. The van der Waals surface area contributed by atoms with Crippen molar-refractivity contribution in [3.63, 3.8) is 0 Å². The van der Waals surface area contributed by atoms with E-state index in [-0.39, 0.29) is 23.6 Å². The number of aromatic hydroxyl groups is 1. The summed E-state index contributed by atoms with van der Waals surface area (Å²) in [6, 6.07) is 17.6. The fourth-order valence-electron chi connectivity index (χ4n) is 4.44. The number of hydrogen-bond donors (Lipinski definition) is 2. The number of halogens is 1. The molecule has 1 aliphatic heterocycles. The van der Waals surface area contributed by atoms with E-state index in [4.69, 9.17) is 4.52 Å². The van der Waals surface area contributed by atoms with Crippen LogP contribution in [0.1, 0.15) is 25.0 Å². The highest BCUT2D eigenvalue weighted by Gasteiger charge is 2.51. The van der Waals surface area contributed by atoms with Gasteiger partial charge in [0.05, 0.1) is 5.56 Å². The molecule has 2 heterocycles. The molecule has 0 spiro atoms. The molecular weight excluding hydrogens is 398 g/mol. The Hall–Kier alpha value is -2.34. The second-order valence-electron chi connectivity index (χ2n) is 8.31. The summed E-state index contributed by atoms with van der Waals surface area (Å²) in [5.74, 6) is 1.27.